The van der Waals surface area contributed by atoms with E-state index in [0.717, 1.165) is 11.1 Å². The number of rotatable bonds is 5. The first kappa shape index (κ1) is 15.0. The summed E-state index contributed by atoms with van der Waals surface area (Å²) in [6.07, 6.45) is -4.17. The highest BCUT2D eigenvalue weighted by Crippen LogP contribution is 2.20. The monoisotopic (exact) mass is 260 g/mol. The van der Waals surface area contributed by atoms with Crippen LogP contribution in [0.15, 0.2) is 24.3 Å². The fraction of sp³-hybridized carbons (Fsp3) is 0.538. The van der Waals surface area contributed by atoms with Gasteiger partial charge in [0.15, 0.2) is 0 Å². The van der Waals surface area contributed by atoms with Gasteiger partial charge in [0.2, 0.25) is 0 Å². The van der Waals surface area contributed by atoms with Gasteiger partial charge >= 0.3 is 6.18 Å². The van der Waals surface area contributed by atoms with Gasteiger partial charge in [-0.3, -0.25) is 4.90 Å². The number of nitrogens with two attached hydrogens (primary N) is 1. The summed E-state index contributed by atoms with van der Waals surface area (Å²) < 4.78 is 37.3. The molecule has 0 unspecified atom stereocenters. The molecule has 102 valence electrons. The molecule has 5 heteroatoms. The largest absolute Gasteiger partial charge is 0.401 e. The molecular formula is C13H19F3N2. The Morgan fingerprint density at radius 3 is 2.00 bits per heavy atom. The molecule has 2 nitrogen and oxygen atoms in total. The van der Waals surface area contributed by atoms with Crippen molar-refractivity contribution in [3.8, 4) is 0 Å². The topological polar surface area (TPSA) is 29.3 Å². The van der Waals surface area contributed by atoms with Crippen LogP contribution in [0.3, 0.4) is 0 Å². The van der Waals surface area contributed by atoms with Crippen molar-refractivity contribution >= 4 is 0 Å². The van der Waals surface area contributed by atoms with Crippen LogP contribution in [0, 0.1) is 0 Å². The van der Waals surface area contributed by atoms with Gasteiger partial charge in [-0.05, 0) is 25.0 Å². The average molecular weight is 260 g/mol. The van der Waals surface area contributed by atoms with E-state index in [2.05, 4.69) is 0 Å². The molecule has 0 bridgehead atoms. The SMILES string of the molecule is CC(C)N(Cc1ccc(CN)cc1)CC(F)(F)F. The van der Waals surface area contributed by atoms with E-state index in [4.69, 9.17) is 5.73 Å². The molecule has 0 saturated carbocycles. The first-order chi connectivity index (χ1) is 8.31. The predicted octanol–water partition coefficient (Wildman–Crippen LogP) is 2.92. The molecule has 0 heterocycles. The number of nitrogens with zero attached hydrogens (tertiary/aromatic N) is 1. The maximum atomic E-state index is 12.4. The lowest BCUT2D eigenvalue weighted by Gasteiger charge is -2.27. The Kier molecular flexibility index (Phi) is 5.16. The van der Waals surface area contributed by atoms with Crippen molar-refractivity contribution in [1.82, 2.24) is 4.90 Å². The van der Waals surface area contributed by atoms with Crippen molar-refractivity contribution in [2.45, 2.75) is 39.2 Å². The van der Waals surface area contributed by atoms with Crippen molar-refractivity contribution in [2.75, 3.05) is 6.54 Å². The molecule has 0 aliphatic carbocycles. The zero-order valence-electron chi connectivity index (χ0n) is 10.7. The lowest BCUT2D eigenvalue weighted by atomic mass is 10.1. The molecule has 0 fully saturated rings. The van der Waals surface area contributed by atoms with Gasteiger partial charge in [0.25, 0.3) is 0 Å². The maximum Gasteiger partial charge on any atom is 0.401 e. The van der Waals surface area contributed by atoms with Gasteiger partial charge in [-0.2, -0.15) is 13.2 Å². The molecule has 1 aromatic rings. The minimum absolute atomic E-state index is 0.152. The molecule has 0 amide bonds. The van der Waals surface area contributed by atoms with Gasteiger partial charge in [0.05, 0.1) is 6.54 Å². The number of alkyl halides is 3. The quantitative estimate of drug-likeness (QED) is 0.882. The predicted molar refractivity (Wildman–Crippen MR) is 65.9 cm³/mol. The van der Waals surface area contributed by atoms with Crippen LogP contribution in [0.1, 0.15) is 25.0 Å². The van der Waals surface area contributed by atoms with Crippen LogP contribution in [-0.4, -0.2) is 23.7 Å². The molecule has 2 N–H and O–H groups in total. The average Bonchev–Trinajstić information content (AvgIpc) is 2.27. The first-order valence-corrected chi connectivity index (χ1v) is 5.90. The highest BCUT2D eigenvalue weighted by Gasteiger charge is 2.31. The Bertz CT molecular complexity index is 357. The Labute approximate surface area is 106 Å². The third-order valence-electron chi connectivity index (χ3n) is 2.76. The fourth-order valence-corrected chi connectivity index (χ4v) is 1.67. The van der Waals surface area contributed by atoms with Crippen LogP contribution in [-0.2, 0) is 13.1 Å². The summed E-state index contributed by atoms with van der Waals surface area (Å²) in [7, 11) is 0. The minimum atomic E-state index is -4.17. The van der Waals surface area contributed by atoms with Gasteiger partial charge in [-0.1, -0.05) is 24.3 Å². The molecule has 0 radical (unpaired) electrons. The number of halogens is 3. The first-order valence-electron chi connectivity index (χ1n) is 5.90. The molecule has 0 atom stereocenters. The standard InChI is InChI=1S/C13H19F3N2/c1-10(2)18(9-13(14,15)16)8-12-5-3-11(7-17)4-6-12/h3-6,10H,7-9,17H2,1-2H3. The molecular weight excluding hydrogens is 241 g/mol. The van der Waals surface area contributed by atoms with Crippen molar-refractivity contribution in [1.29, 1.82) is 0 Å². The summed E-state index contributed by atoms with van der Waals surface area (Å²) >= 11 is 0. The van der Waals surface area contributed by atoms with Gasteiger partial charge in [-0.15, -0.1) is 0 Å². The number of benzene rings is 1. The summed E-state index contributed by atoms with van der Waals surface area (Å²) in [6.45, 7) is 3.38. The van der Waals surface area contributed by atoms with Crippen molar-refractivity contribution < 1.29 is 13.2 Å². The zero-order valence-corrected chi connectivity index (χ0v) is 10.7. The summed E-state index contributed by atoms with van der Waals surface area (Å²) in [5.74, 6) is 0. The molecule has 0 aromatic heterocycles. The second-order valence-electron chi connectivity index (χ2n) is 4.63. The second-order valence-corrected chi connectivity index (χ2v) is 4.63. The third kappa shape index (κ3) is 5.06. The fourth-order valence-electron chi connectivity index (χ4n) is 1.67. The van der Waals surface area contributed by atoms with Crippen LogP contribution >= 0.6 is 0 Å². The summed E-state index contributed by atoms with van der Waals surface area (Å²) in [5, 5.41) is 0. The lowest BCUT2D eigenvalue weighted by molar-refractivity contribution is -0.150. The van der Waals surface area contributed by atoms with Crippen molar-refractivity contribution in [2.24, 2.45) is 5.73 Å². The number of hydrogen-bond acceptors (Lipinski definition) is 2. The van der Waals surface area contributed by atoms with E-state index in [9.17, 15) is 13.2 Å². The van der Waals surface area contributed by atoms with E-state index >= 15 is 0 Å². The number of hydrogen-bond donors (Lipinski definition) is 1. The molecule has 1 rings (SSSR count). The summed E-state index contributed by atoms with van der Waals surface area (Å²) in [6, 6.07) is 7.20. The minimum Gasteiger partial charge on any atom is -0.326 e. The summed E-state index contributed by atoms with van der Waals surface area (Å²) in [4.78, 5) is 1.40. The van der Waals surface area contributed by atoms with Gasteiger partial charge < -0.3 is 5.73 Å². The van der Waals surface area contributed by atoms with Crippen LogP contribution in [0.5, 0.6) is 0 Å². The third-order valence-corrected chi connectivity index (χ3v) is 2.76. The lowest BCUT2D eigenvalue weighted by Crippen LogP contribution is -2.38. The van der Waals surface area contributed by atoms with Crippen LogP contribution in [0.2, 0.25) is 0 Å². The van der Waals surface area contributed by atoms with E-state index in [-0.39, 0.29) is 6.04 Å². The normalized spacial score (nSPS) is 12.4. The van der Waals surface area contributed by atoms with Crippen LogP contribution in [0.4, 0.5) is 13.2 Å². The Morgan fingerprint density at radius 1 is 1.11 bits per heavy atom. The Balaban J connectivity index is 2.70. The Morgan fingerprint density at radius 2 is 1.61 bits per heavy atom. The molecule has 18 heavy (non-hydrogen) atoms. The highest BCUT2D eigenvalue weighted by molar-refractivity contribution is 5.22. The van der Waals surface area contributed by atoms with Crippen molar-refractivity contribution in [3.63, 3.8) is 0 Å². The second kappa shape index (κ2) is 6.20. The van der Waals surface area contributed by atoms with Gasteiger partial charge in [-0.25, -0.2) is 0 Å². The maximum absolute atomic E-state index is 12.4. The molecule has 0 saturated heterocycles. The zero-order chi connectivity index (χ0) is 13.8. The molecule has 1 aromatic carbocycles. The van der Waals surface area contributed by atoms with Gasteiger partial charge in [0.1, 0.15) is 0 Å². The smallest absolute Gasteiger partial charge is 0.326 e. The van der Waals surface area contributed by atoms with Crippen LogP contribution in [0.25, 0.3) is 0 Å². The van der Waals surface area contributed by atoms with E-state index in [0.29, 0.717) is 13.1 Å². The molecule has 0 aliphatic rings. The van der Waals surface area contributed by atoms with E-state index in [1.54, 1.807) is 13.8 Å². The van der Waals surface area contributed by atoms with Crippen molar-refractivity contribution in [3.05, 3.63) is 35.4 Å². The highest BCUT2D eigenvalue weighted by atomic mass is 19.4. The summed E-state index contributed by atoms with van der Waals surface area (Å²) in [5.41, 5.74) is 7.32. The van der Waals surface area contributed by atoms with E-state index in [1.165, 1.54) is 4.90 Å². The van der Waals surface area contributed by atoms with Crippen LogP contribution < -0.4 is 5.73 Å². The molecule has 0 aliphatic heterocycles. The van der Waals surface area contributed by atoms with E-state index < -0.39 is 12.7 Å². The van der Waals surface area contributed by atoms with Gasteiger partial charge in [0, 0.05) is 19.1 Å². The molecule has 0 spiro atoms. The Hall–Kier alpha value is -1.07. The van der Waals surface area contributed by atoms with E-state index in [1.807, 2.05) is 24.3 Å².